The van der Waals surface area contributed by atoms with Crippen molar-refractivity contribution in [1.82, 2.24) is 14.8 Å². The molecule has 6 heteroatoms. The SMILES string of the molecule is COc1ccc(CSc2nnc(-c3ccccc3F)n2C)cc1. The lowest BCUT2D eigenvalue weighted by Crippen LogP contribution is -1.96. The molecule has 0 radical (unpaired) electrons. The highest BCUT2D eigenvalue weighted by Crippen LogP contribution is 2.27. The Morgan fingerprint density at radius 3 is 2.52 bits per heavy atom. The molecule has 0 unspecified atom stereocenters. The zero-order valence-electron chi connectivity index (χ0n) is 12.9. The van der Waals surface area contributed by atoms with Gasteiger partial charge in [-0.25, -0.2) is 4.39 Å². The minimum atomic E-state index is -0.297. The van der Waals surface area contributed by atoms with Crippen molar-refractivity contribution in [2.75, 3.05) is 7.11 Å². The van der Waals surface area contributed by atoms with E-state index in [4.69, 9.17) is 4.74 Å². The smallest absolute Gasteiger partial charge is 0.191 e. The average molecular weight is 329 g/mol. The van der Waals surface area contributed by atoms with Crippen molar-refractivity contribution in [3.63, 3.8) is 0 Å². The molecule has 0 aliphatic heterocycles. The first-order valence-corrected chi connectivity index (χ1v) is 8.07. The second-order valence-electron chi connectivity index (χ2n) is 4.98. The molecule has 0 saturated heterocycles. The van der Waals surface area contributed by atoms with Crippen molar-refractivity contribution in [3.05, 3.63) is 59.9 Å². The fourth-order valence-electron chi connectivity index (χ4n) is 2.19. The van der Waals surface area contributed by atoms with E-state index in [1.54, 1.807) is 37.1 Å². The molecule has 0 bridgehead atoms. The zero-order valence-corrected chi connectivity index (χ0v) is 13.7. The Kier molecular flexibility index (Phi) is 4.62. The van der Waals surface area contributed by atoms with Gasteiger partial charge >= 0.3 is 0 Å². The summed E-state index contributed by atoms with van der Waals surface area (Å²) in [6.45, 7) is 0. The maximum Gasteiger partial charge on any atom is 0.191 e. The molecule has 1 aromatic heterocycles. The second-order valence-corrected chi connectivity index (χ2v) is 5.92. The molecule has 2 aromatic carbocycles. The van der Waals surface area contributed by atoms with E-state index in [-0.39, 0.29) is 5.82 Å². The summed E-state index contributed by atoms with van der Waals surface area (Å²) in [6, 6.07) is 14.5. The van der Waals surface area contributed by atoms with Crippen LogP contribution in [0.1, 0.15) is 5.56 Å². The molecule has 0 aliphatic rings. The molecule has 1 heterocycles. The van der Waals surface area contributed by atoms with E-state index in [1.807, 2.05) is 35.9 Å². The quantitative estimate of drug-likeness (QED) is 0.665. The van der Waals surface area contributed by atoms with Crippen molar-refractivity contribution < 1.29 is 9.13 Å². The third-order valence-electron chi connectivity index (χ3n) is 3.48. The van der Waals surface area contributed by atoms with E-state index in [0.717, 1.165) is 22.2 Å². The fraction of sp³-hybridized carbons (Fsp3) is 0.176. The van der Waals surface area contributed by atoms with Crippen LogP contribution in [0.4, 0.5) is 4.39 Å². The maximum atomic E-state index is 13.9. The van der Waals surface area contributed by atoms with Gasteiger partial charge in [-0.3, -0.25) is 0 Å². The Morgan fingerprint density at radius 1 is 1.09 bits per heavy atom. The number of halogens is 1. The predicted molar refractivity (Wildman–Crippen MR) is 89.0 cm³/mol. The Balaban J connectivity index is 1.75. The van der Waals surface area contributed by atoms with Gasteiger partial charge in [-0.05, 0) is 29.8 Å². The standard InChI is InChI=1S/C17H16FN3OS/c1-21-16(14-5-3-4-6-15(14)18)19-20-17(21)23-11-12-7-9-13(22-2)10-8-12/h3-10H,11H2,1-2H3. The van der Waals surface area contributed by atoms with Crippen LogP contribution < -0.4 is 4.74 Å². The predicted octanol–water partition coefficient (Wildman–Crippen LogP) is 3.92. The first-order chi connectivity index (χ1) is 11.2. The molecule has 3 rings (SSSR count). The van der Waals surface area contributed by atoms with Gasteiger partial charge in [0.1, 0.15) is 11.6 Å². The van der Waals surface area contributed by atoms with Gasteiger partial charge in [0.2, 0.25) is 0 Å². The lowest BCUT2D eigenvalue weighted by atomic mass is 10.2. The summed E-state index contributed by atoms with van der Waals surface area (Å²) in [5.41, 5.74) is 1.62. The van der Waals surface area contributed by atoms with Crippen molar-refractivity contribution in [3.8, 4) is 17.1 Å². The molecule has 118 valence electrons. The van der Waals surface area contributed by atoms with E-state index in [1.165, 1.54) is 6.07 Å². The summed E-state index contributed by atoms with van der Waals surface area (Å²) in [5.74, 6) is 1.82. The van der Waals surface area contributed by atoms with Crippen molar-refractivity contribution in [2.24, 2.45) is 7.05 Å². The molecule has 0 spiro atoms. The lowest BCUT2D eigenvalue weighted by Gasteiger charge is -2.05. The van der Waals surface area contributed by atoms with E-state index in [0.29, 0.717) is 11.4 Å². The highest BCUT2D eigenvalue weighted by molar-refractivity contribution is 7.98. The van der Waals surface area contributed by atoms with Crippen LogP contribution in [0.15, 0.2) is 53.7 Å². The summed E-state index contributed by atoms with van der Waals surface area (Å²) < 4.78 is 20.8. The first kappa shape index (κ1) is 15.6. The number of nitrogens with zero attached hydrogens (tertiary/aromatic N) is 3. The summed E-state index contributed by atoms with van der Waals surface area (Å²) >= 11 is 1.56. The number of hydrogen-bond acceptors (Lipinski definition) is 4. The summed E-state index contributed by atoms with van der Waals surface area (Å²) in [6.07, 6.45) is 0. The van der Waals surface area contributed by atoms with Crippen LogP contribution in [0, 0.1) is 5.82 Å². The van der Waals surface area contributed by atoms with Crippen LogP contribution in [0.5, 0.6) is 5.75 Å². The van der Waals surface area contributed by atoms with Crippen LogP contribution in [0.25, 0.3) is 11.4 Å². The van der Waals surface area contributed by atoms with Gasteiger partial charge in [0.15, 0.2) is 11.0 Å². The molecule has 0 amide bonds. The molecule has 0 atom stereocenters. The van der Waals surface area contributed by atoms with Gasteiger partial charge in [0, 0.05) is 12.8 Å². The number of rotatable bonds is 5. The highest BCUT2D eigenvalue weighted by Gasteiger charge is 2.14. The number of thioether (sulfide) groups is 1. The molecule has 0 fully saturated rings. The second kappa shape index (κ2) is 6.83. The summed E-state index contributed by atoms with van der Waals surface area (Å²) in [7, 11) is 3.49. The van der Waals surface area contributed by atoms with E-state index in [9.17, 15) is 4.39 Å². The molecular weight excluding hydrogens is 313 g/mol. The van der Waals surface area contributed by atoms with Crippen molar-refractivity contribution >= 4 is 11.8 Å². The van der Waals surface area contributed by atoms with Gasteiger partial charge in [-0.1, -0.05) is 36.0 Å². The number of methoxy groups -OCH3 is 1. The molecule has 0 N–H and O–H groups in total. The zero-order chi connectivity index (χ0) is 16.2. The van der Waals surface area contributed by atoms with E-state index < -0.39 is 0 Å². The molecule has 23 heavy (non-hydrogen) atoms. The normalized spacial score (nSPS) is 10.7. The van der Waals surface area contributed by atoms with E-state index >= 15 is 0 Å². The Morgan fingerprint density at radius 2 is 1.83 bits per heavy atom. The number of benzene rings is 2. The molecule has 3 aromatic rings. The molecular formula is C17H16FN3OS. The Labute approximate surface area is 138 Å². The van der Waals surface area contributed by atoms with Crippen molar-refractivity contribution in [1.29, 1.82) is 0 Å². The lowest BCUT2D eigenvalue weighted by molar-refractivity contribution is 0.414. The van der Waals surface area contributed by atoms with Crippen LogP contribution in [-0.4, -0.2) is 21.9 Å². The number of aromatic nitrogens is 3. The Hall–Kier alpha value is -2.34. The maximum absolute atomic E-state index is 13.9. The summed E-state index contributed by atoms with van der Waals surface area (Å²) in [5, 5.41) is 9.03. The molecule has 0 aliphatic carbocycles. The van der Waals surface area contributed by atoms with Crippen molar-refractivity contribution in [2.45, 2.75) is 10.9 Å². The average Bonchev–Trinajstić information content (AvgIpc) is 2.94. The van der Waals surface area contributed by atoms with Gasteiger partial charge in [0.25, 0.3) is 0 Å². The number of hydrogen-bond donors (Lipinski definition) is 0. The van der Waals surface area contributed by atoms with Crippen LogP contribution in [0.3, 0.4) is 0 Å². The Bertz CT molecular complexity index is 802. The third-order valence-corrected chi connectivity index (χ3v) is 4.57. The third kappa shape index (κ3) is 3.37. The molecule has 4 nitrogen and oxygen atoms in total. The van der Waals surface area contributed by atoms with Gasteiger partial charge < -0.3 is 9.30 Å². The summed E-state index contributed by atoms with van der Waals surface area (Å²) in [4.78, 5) is 0. The highest BCUT2D eigenvalue weighted by atomic mass is 32.2. The first-order valence-electron chi connectivity index (χ1n) is 7.09. The molecule has 0 saturated carbocycles. The topological polar surface area (TPSA) is 39.9 Å². The van der Waals surface area contributed by atoms with Gasteiger partial charge in [0.05, 0.1) is 12.7 Å². The van der Waals surface area contributed by atoms with E-state index in [2.05, 4.69) is 10.2 Å². The van der Waals surface area contributed by atoms with Crippen LogP contribution in [-0.2, 0) is 12.8 Å². The monoisotopic (exact) mass is 329 g/mol. The van der Waals surface area contributed by atoms with Gasteiger partial charge in [-0.2, -0.15) is 0 Å². The van der Waals surface area contributed by atoms with Crippen LogP contribution in [0.2, 0.25) is 0 Å². The van der Waals surface area contributed by atoms with Crippen LogP contribution >= 0.6 is 11.8 Å². The minimum Gasteiger partial charge on any atom is -0.497 e. The number of ether oxygens (including phenoxy) is 1. The van der Waals surface area contributed by atoms with Gasteiger partial charge in [-0.15, -0.1) is 10.2 Å². The fourth-order valence-corrected chi connectivity index (χ4v) is 3.05. The largest absolute Gasteiger partial charge is 0.497 e. The minimum absolute atomic E-state index is 0.297.